The van der Waals surface area contributed by atoms with Gasteiger partial charge in [0.05, 0.1) is 5.92 Å². The second-order valence-corrected chi connectivity index (χ2v) is 4.69. The SMILES string of the molecule is NC1CCCC1C(=O)NC1CCCC1. The molecular weight excluding hydrogens is 176 g/mol. The molecule has 0 spiro atoms. The molecule has 0 bridgehead atoms. The molecule has 14 heavy (non-hydrogen) atoms. The van der Waals surface area contributed by atoms with Crippen LogP contribution in [0.25, 0.3) is 0 Å². The van der Waals surface area contributed by atoms with Crippen molar-refractivity contribution in [2.45, 2.75) is 57.0 Å². The Labute approximate surface area is 85.4 Å². The highest BCUT2D eigenvalue weighted by Crippen LogP contribution is 2.25. The monoisotopic (exact) mass is 196 g/mol. The minimum absolute atomic E-state index is 0.0931. The van der Waals surface area contributed by atoms with Gasteiger partial charge in [0.15, 0.2) is 0 Å². The zero-order valence-corrected chi connectivity index (χ0v) is 8.67. The lowest BCUT2D eigenvalue weighted by Crippen LogP contribution is -2.42. The maximum absolute atomic E-state index is 11.8. The molecule has 2 fully saturated rings. The van der Waals surface area contributed by atoms with E-state index < -0.39 is 0 Å². The van der Waals surface area contributed by atoms with Crippen LogP contribution in [-0.2, 0) is 4.79 Å². The Balaban J connectivity index is 1.82. The largest absolute Gasteiger partial charge is 0.353 e. The van der Waals surface area contributed by atoms with Crippen LogP contribution in [0.15, 0.2) is 0 Å². The van der Waals surface area contributed by atoms with Gasteiger partial charge in [0.1, 0.15) is 0 Å². The minimum Gasteiger partial charge on any atom is -0.353 e. The topological polar surface area (TPSA) is 55.1 Å². The van der Waals surface area contributed by atoms with Gasteiger partial charge in [0, 0.05) is 12.1 Å². The summed E-state index contributed by atoms with van der Waals surface area (Å²) >= 11 is 0. The van der Waals surface area contributed by atoms with E-state index in [1.165, 1.54) is 12.8 Å². The molecule has 80 valence electrons. The van der Waals surface area contributed by atoms with Crippen molar-refractivity contribution in [2.75, 3.05) is 0 Å². The van der Waals surface area contributed by atoms with Gasteiger partial charge in [-0.15, -0.1) is 0 Å². The van der Waals surface area contributed by atoms with Crippen LogP contribution in [0.4, 0.5) is 0 Å². The summed E-state index contributed by atoms with van der Waals surface area (Å²) in [6.45, 7) is 0. The van der Waals surface area contributed by atoms with Crippen molar-refractivity contribution < 1.29 is 4.79 Å². The number of nitrogens with two attached hydrogens (primary N) is 1. The molecule has 0 aromatic carbocycles. The molecule has 2 aliphatic rings. The Morgan fingerprint density at radius 1 is 1.07 bits per heavy atom. The number of amides is 1. The summed E-state index contributed by atoms with van der Waals surface area (Å²) in [6, 6.07) is 0.548. The number of hydrogen-bond donors (Lipinski definition) is 2. The molecule has 2 atom stereocenters. The van der Waals surface area contributed by atoms with E-state index in [9.17, 15) is 4.79 Å². The molecule has 2 saturated carbocycles. The lowest BCUT2D eigenvalue weighted by atomic mass is 10.0. The van der Waals surface area contributed by atoms with Gasteiger partial charge in [-0.3, -0.25) is 4.79 Å². The summed E-state index contributed by atoms with van der Waals surface area (Å²) < 4.78 is 0. The first-order valence-electron chi connectivity index (χ1n) is 5.83. The van der Waals surface area contributed by atoms with Crippen molar-refractivity contribution in [2.24, 2.45) is 11.7 Å². The lowest BCUT2D eigenvalue weighted by Gasteiger charge is -2.18. The van der Waals surface area contributed by atoms with E-state index in [2.05, 4.69) is 5.32 Å². The summed E-state index contributed by atoms with van der Waals surface area (Å²) in [7, 11) is 0. The third-order valence-corrected chi connectivity index (χ3v) is 3.61. The van der Waals surface area contributed by atoms with Gasteiger partial charge in [-0.1, -0.05) is 19.3 Å². The van der Waals surface area contributed by atoms with Crippen LogP contribution in [0.3, 0.4) is 0 Å². The first-order valence-corrected chi connectivity index (χ1v) is 5.83. The number of nitrogens with one attached hydrogen (secondary N) is 1. The zero-order chi connectivity index (χ0) is 9.97. The van der Waals surface area contributed by atoms with E-state index in [4.69, 9.17) is 5.73 Å². The highest BCUT2D eigenvalue weighted by Gasteiger charge is 2.31. The molecule has 2 unspecified atom stereocenters. The summed E-state index contributed by atoms with van der Waals surface area (Å²) in [4.78, 5) is 11.8. The average molecular weight is 196 g/mol. The van der Waals surface area contributed by atoms with E-state index in [0.29, 0.717) is 6.04 Å². The average Bonchev–Trinajstić information content (AvgIpc) is 2.75. The fourth-order valence-electron chi connectivity index (χ4n) is 2.69. The molecular formula is C11H20N2O. The van der Waals surface area contributed by atoms with Gasteiger partial charge < -0.3 is 11.1 Å². The predicted molar refractivity (Wildman–Crippen MR) is 55.7 cm³/mol. The highest BCUT2D eigenvalue weighted by atomic mass is 16.2. The molecule has 0 aromatic heterocycles. The smallest absolute Gasteiger partial charge is 0.224 e. The van der Waals surface area contributed by atoms with Crippen LogP contribution in [0.5, 0.6) is 0 Å². The minimum atomic E-state index is 0.0931. The normalized spacial score (nSPS) is 33.5. The van der Waals surface area contributed by atoms with E-state index in [1.807, 2.05) is 0 Å². The van der Waals surface area contributed by atoms with Crippen LogP contribution in [-0.4, -0.2) is 18.0 Å². The van der Waals surface area contributed by atoms with Crippen LogP contribution >= 0.6 is 0 Å². The van der Waals surface area contributed by atoms with Crippen molar-refractivity contribution in [1.82, 2.24) is 5.32 Å². The van der Waals surface area contributed by atoms with Crippen LogP contribution < -0.4 is 11.1 Å². The quantitative estimate of drug-likeness (QED) is 0.696. The van der Waals surface area contributed by atoms with Gasteiger partial charge in [-0.2, -0.15) is 0 Å². The number of carbonyl (C=O) groups excluding carboxylic acids is 1. The lowest BCUT2D eigenvalue weighted by molar-refractivity contribution is -0.125. The summed E-state index contributed by atoms with van der Waals surface area (Å²) in [5.41, 5.74) is 5.89. The van der Waals surface area contributed by atoms with Crippen molar-refractivity contribution in [3.8, 4) is 0 Å². The van der Waals surface area contributed by atoms with Crippen molar-refractivity contribution >= 4 is 5.91 Å². The molecule has 0 aromatic rings. The molecule has 0 saturated heterocycles. The summed E-state index contributed by atoms with van der Waals surface area (Å²) in [6.07, 6.45) is 7.97. The molecule has 1 amide bonds. The molecule has 3 nitrogen and oxygen atoms in total. The third kappa shape index (κ3) is 2.08. The zero-order valence-electron chi connectivity index (χ0n) is 8.67. The maximum Gasteiger partial charge on any atom is 0.224 e. The Bertz CT molecular complexity index is 211. The third-order valence-electron chi connectivity index (χ3n) is 3.61. The van der Waals surface area contributed by atoms with Gasteiger partial charge in [0.25, 0.3) is 0 Å². The first-order chi connectivity index (χ1) is 6.77. The number of hydrogen-bond acceptors (Lipinski definition) is 2. The van der Waals surface area contributed by atoms with Crippen molar-refractivity contribution in [3.63, 3.8) is 0 Å². The molecule has 0 radical (unpaired) electrons. The van der Waals surface area contributed by atoms with Crippen LogP contribution in [0, 0.1) is 5.92 Å². The van der Waals surface area contributed by atoms with Gasteiger partial charge in [-0.05, 0) is 25.7 Å². The van der Waals surface area contributed by atoms with Gasteiger partial charge >= 0.3 is 0 Å². The van der Waals surface area contributed by atoms with E-state index in [-0.39, 0.29) is 17.9 Å². The standard InChI is InChI=1S/C11H20N2O/c12-10-7-3-6-9(10)11(14)13-8-4-1-2-5-8/h8-10H,1-7,12H2,(H,13,14). The molecule has 2 rings (SSSR count). The van der Waals surface area contributed by atoms with Crippen molar-refractivity contribution in [3.05, 3.63) is 0 Å². The van der Waals surface area contributed by atoms with Gasteiger partial charge in [0.2, 0.25) is 5.91 Å². The Morgan fingerprint density at radius 2 is 1.79 bits per heavy atom. The van der Waals surface area contributed by atoms with E-state index >= 15 is 0 Å². The van der Waals surface area contributed by atoms with Gasteiger partial charge in [-0.25, -0.2) is 0 Å². The highest BCUT2D eigenvalue weighted by molar-refractivity contribution is 5.80. The molecule has 3 heteroatoms. The first kappa shape index (κ1) is 9.97. The summed E-state index contributed by atoms with van der Waals surface area (Å²) in [5, 5.41) is 3.13. The van der Waals surface area contributed by atoms with Crippen molar-refractivity contribution in [1.29, 1.82) is 0 Å². The second-order valence-electron chi connectivity index (χ2n) is 4.69. The predicted octanol–water partition coefficient (Wildman–Crippen LogP) is 1.17. The summed E-state index contributed by atoms with van der Waals surface area (Å²) in [5.74, 6) is 0.303. The van der Waals surface area contributed by atoms with E-state index in [1.54, 1.807) is 0 Å². The number of carbonyl (C=O) groups is 1. The van der Waals surface area contributed by atoms with Crippen LogP contribution in [0.1, 0.15) is 44.9 Å². The van der Waals surface area contributed by atoms with E-state index in [0.717, 1.165) is 32.1 Å². The number of rotatable bonds is 2. The molecule has 2 aliphatic carbocycles. The molecule has 0 aliphatic heterocycles. The Morgan fingerprint density at radius 3 is 2.36 bits per heavy atom. The molecule has 3 N–H and O–H groups in total. The fraction of sp³-hybridized carbons (Fsp3) is 0.909. The second kappa shape index (κ2) is 4.30. The Kier molecular flexibility index (Phi) is 3.06. The van der Waals surface area contributed by atoms with Crippen LogP contribution in [0.2, 0.25) is 0 Å². The maximum atomic E-state index is 11.8. The molecule has 0 heterocycles. The Hall–Kier alpha value is -0.570. The fourth-order valence-corrected chi connectivity index (χ4v) is 2.69.